The van der Waals surface area contributed by atoms with Crippen LogP contribution in [0.5, 0.6) is 0 Å². The zero-order valence-corrected chi connectivity index (χ0v) is 18.4. The van der Waals surface area contributed by atoms with Crippen LogP contribution in [0.15, 0.2) is 58.1 Å². The molecule has 0 radical (unpaired) electrons. The number of nitrogen functional groups attached to an aromatic ring is 1. The number of nitrogens with two attached hydrogens (primary N) is 2. The first-order valence-electron chi connectivity index (χ1n) is 10.2. The quantitative estimate of drug-likeness (QED) is 0.388. The van der Waals surface area contributed by atoms with Gasteiger partial charge in [0.15, 0.2) is 17.2 Å². The lowest BCUT2D eigenvalue weighted by Crippen LogP contribution is -2.23. The molecule has 11 nitrogen and oxygen atoms in total. The van der Waals surface area contributed by atoms with E-state index in [2.05, 4.69) is 32.1 Å². The molecule has 4 aromatic heterocycles. The highest BCUT2D eigenvalue weighted by Gasteiger charge is 2.18. The highest BCUT2D eigenvalue weighted by atomic mass is 16.5. The number of anilines is 1. The highest BCUT2D eigenvalue weighted by molar-refractivity contribution is 6.03. The Kier molecular flexibility index (Phi) is 6.05. The number of carbonyl (C=O) groups is 1. The molecule has 5 aromatic rings. The average molecular weight is 456 g/mol. The molecule has 4 heterocycles. The number of para-hydroxylation sites is 1. The van der Waals surface area contributed by atoms with E-state index in [1.807, 2.05) is 37.3 Å². The maximum absolute atomic E-state index is 12.8. The van der Waals surface area contributed by atoms with Gasteiger partial charge in [-0.25, -0.2) is 9.50 Å². The predicted molar refractivity (Wildman–Crippen MR) is 125 cm³/mol. The van der Waals surface area contributed by atoms with Crippen LogP contribution >= 0.6 is 0 Å². The Balaban J connectivity index is 0.000000180. The van der Waals surface area contributed by atoms with E-state index >= 15 is 0 Å². The van der Waals surface area contributed by atoms with E-state index in [4.69, 9.17) is 16.0 Å². The number of carbonyl (C=O) groups excluding carboxylic acids is 1. The van der Waals surface area contributed by atoms with Gasteiger partial charge >= 0.3 is 0 Å². The largest absolute Gasteiger partial charge is 0.381 e. The average Bonchev–Trinajstić information content (AvgIpc) is 3.40. The molecule has 1 aromatic carbocycles. The van der Waals surface area contributed by atoms with Crippen molar-refractivity contribution in [2.24, 2.45) is 5.73 Å². The second-order valence-electron chi connectivity index (χ2n) is 6.96. The molecule has 0 saturated heterocycles. The third-order valence-corrected chi connectivity index (χ3v) is 4.82. The van der Waals surface area contributed by atoms with Gasteiger partial charge in [0.05, 0.1) is 5.69 Å². The number of benzene rings is 1. The summed E-state index contributed by atoms with van der Waals surface area (Å²) < 4.78 is 8.13. The number of amides is 1. The number of hydrogen-bond donors (Lipinski definition) is 2. The first kappa shape index (κ1) is 22.2. The van der Waals surface area contributed by atoms with Crippen LogP contribution in [-0.4, -0.2) is 35.2 Å². The lowest BCUT2D eigenvalue weighted by molar-refractivity contribution is 0.100. The first-order valence-corrected chi connectivity index (χ1v) is 10.2. The molecule has 0 aliphatic carbocycles. The summed E-state index contributed by atoms with van der Waals surface area (Å²) in [6, 6.07) is 11.1. The summed E-state index contributed by atoms with van der Waals surface area (Å²) in [5.74, 6) is 5.62. The number of fused-ring (bicyclic) bond motifs is 2. The minimum absolute atomic E-state index is 0.103. The molecule has 11 heteroatoms. The molecular formula is C23H20N8O3. The van der Waals surface area contributed by atoms with Crippen molar-refractivity contribution in [3.63, 3.8) is 0 Å². The summed E-state index contributed by atoms with van der Waals surface area (Å²) in [7, 11) is 0. The molecule has 1 amide bonds. The normalized spacial score (nSPS) is 10.4. The molecule has 0 unspecified atom stereocenters. The van der Waals surface area contributed by atoms with Crippen molar-refractivity contribution in [1.29, 1.82) is 0 Å². The Labute approximate surface area is 193 Å². The van der Waals surface area contributed by atoms with Gasteiger partial charge in [0, 0.05) is 18.8 Å². The summed E-state index contributed by atoms with van der Waals surface area (Å²) in [5.41, 5.74) is 12.3. The number of aryl methyl sites for hydroxylation is 1. The summed E-state index contributed by atoms with van der Waals surface area (Å²) >= 11 is 0. The smallest absolute Gasteiger partial charge is 0.272 e. The molecule has 34 heavy (non-hydrogen) atoms. The second kappa shape index (κ2) is 9.25. The van der Waals surface area contributed by atoms with Crippen LogP contribution in [0.3, 0.4) is 0 Å². The third-order valence-electron chi connectivity index (χ3n) is 4.82. The molecule has 0 fully saturated rings. The van der Waals surface area contributed by atoms with Gasteiger partial charge in [-0.1, -0.05) is 36.2 Å². The molecule has 0 bridgehead atoms. The minimum Gasteiger partial charge on any atom is -0.381 e. The van der Waals surface area contributed by atoms with Crippen molar-refractivity contribution in [3.05, 3.63) is 76.2 Å². The van der Waals surface area contributed by atoms with E-state index in [-0.39, 0.29) is 22.7 Å². The number of hydrogen-bond acceptors (Lipinski definition) is 8. The van der Waals surface area contributed by atoms with Crippen LogP contribution < -0.4 is 17.0 Å². The molecule has 0 aliphatic rings. The Bertz CT molecular complexity index is 1620. The van der Waals surface area contributed by atoms with E-state index in [1.54, 1.807) is 30.0 Å². The van der Waals surface area contributed by atoms with E-state index in [0.717, 1.165) is 5.69 Å². The lowest BCUT2D eigenvalue weighted by Gasteiger charge is -2.10. The first-order chi connectivity index (χ1) is 16.5. The molecule has 4 N–H and O–H groups in total. The Morgan fingerprint density at radius 2 is 1.97 bits per heavy atom. The highest BCUT2D eigenvalue weighted by Crippen LogP contribution is 2.16. The Hall–Kier alpha value is -4.98. The molecular weight excluding hydrogens is 436 g/mol. The van der Waals surface area contributed by atoms with Crippen LogP contribution in [0.25, 0.3) is 22.4 Å². The maximum atomic E-state index is 12.8. The number of primary amides is 1. The van der Waals surface area contributed by atoms with Crippen molar-refractivity contribution in [3.8, 4) is 17.5 Å². The van der Waals surface area contributed by atoms with E-state index in [0.29, 0.717) is 29.0 Å². The molecule has 0 atom stereocenters. The van der Waals surface area contributed by atoms with E-state index in [9.17, 15) is 9.59 Å². The number of aromatic nitrogens is 6. The fourth-order valence-electron chi connectivity index (χ4n) is 3.37. The van der Waals surface area contributed by atoms with Gasteiger partial charge in [-0.2, -0.15) is 4.98 Å². The molecule has 0 aliphatic heterocycles. The van der Waals surface area contributed by atoms with Gasteiger partial charge in [-0.3, -0.25) is 14.2 Å². The van der Waals surface area contributed by atoms with Gasteiger partial charge in [-0.15, -0.1) is 5.10 Å². The Morgan fingerprint density at radius 1 is 1.21 bits per heavy atom. The standard InChI is InChI=1S/C16H13N3O2.C7H7N5O/c1-3-8-12-14-15(21-18-12)17-13(4-2)19(16(14)20)11-9-6-5-7-10-11;8-5-4(6(9)13)7-10-2-1-3-12(7)11-5/h5-7,9-10H,4H2,1-2H3;1-3H,(H2,8,11)(H2,9,13). The summed E-state index contributed by atoms with van der Waals surface area (Å²) in [6.07, 6.45) is 3.80. The van der Waals surface area contributed by atoms with Gasteiger partial charge in [-0.05, 0) is 31.0 Å². The van der Waals surface area contributed by atoms with Crippen molar-refractivity contribution in [2.75, 3.05) is 5.73 Å². The zero-order chi connectivity index (χ0) is 24.2. The van der Waals surface area contributed by atoms with E-state index in [1.165, 1.54) is 4.52 Å². The Morgan fingerprint density at radius 3 is 2.65 bits per heavy atom. The van der Waals surface area contributed by atoms with Gasteiger partial charge < -0.3 is 16.0 Å². The topological polar surface area (TPSA) is 160 Å². The molecule has 170 valence electrons. The summed E-state index contributed by atoms with van der Waals surface area (Å²) in [5, 5.41) is 8.02. The summed E-state index contributed by atoms with van der Waals surface area (Å²) in [6.45, 7) is 3.63. The van der Waals surface area contributed by atoms with Crippen LogP contribution in [0.4, 0.5) is 5.82 Å². The second-order valence-corrected chi connectivity index (χ2v) is 6.96. The predicted octanol–water partition coefficient (Wildman–Crippen LogP) is 1.72. The van der Waals surface area contributed by atoms with Crippen molar-refractivity contribution < 1.29 is 9.32 Å². The van der Waals surface area contributed by atoms with Crippen molar-refractivity contribution in [2.45, 2.75) is 20.3 Å². The van der Waals surface area contributed by atoms with Crippen LogP contribution in [-0.2, 0) is 6.42 Å². The van der Waals surface area contributed by atoms with Crippen molar-refractivity contribution in [1.82, 2.24) is 29.3 Å². The minimum atomic E-state index is -0.619. The van der Waals surface area contributed by atoms with Gasteiger partial charge in [0.2, 0.25) is 0 Å². The third kappa shape index (κ3) is 3.95. The molecule has 0 spiro atoms. The SMILES string of the molecule is CC#Cc1noc2nc(CC)n(-c3ccccc3)c(=O)c12.NC(=O)c1c(N)nn2cccnc12. The van der Waals surface area contributed by atoms with E-state index < -0.39 is 5.91 Å². The van der Waals surface area contributed by atoms with Gasteiger partial charge in [0.1, 0.15) is 16.8 Å². The van der Waals surface area contributed by atoms with Crippen LogP contribution in [0.2, 0.25) is 0 Å². The maximum Gasteiger partial charge on any atom is 0.272 e. The van der Waals surface area contributed by atoms with Crippen molar-refractivity contribution >= 4 is 28.5 Å². The van der Waals surface area contributed by atoms with Crippen LogP contribution in [0, 0.1) is 11.8 Å². The zero-order valence-electron chi connectivity index (χ0n) is 18.4. The molecule has 5 rings (SSSR count). The fraction of sp³-hybridized carbons (Fsp3) is 0.130. The van der Waals surface area contributed by atoms with Crippen LogP contribution in [0.1, 0.15) is 35.7 Å². The monoisotopic (exact) mass is 456 g/mol. The fourth-order valence-corrected chi connectivity index (χ4v) is 3.37. The molecule has 0 saturated carbocycles. The van der Waals surface area contributed by atoms with Gasteiger partial charge in [0.25, 0.3) is 17.2 Å². The number of nitrogens with zero attached hydrogens (tertiary/aromatic N) is 6. The number of rotatable bonds is 3. The summed E-state index contributed by atoms with van der Waals surface area (Å²) in [4.78, 5) is 32.1. The lowest BCUT2D eigenvalue weighted by atomic mass is 10.2.